The smallest absolute Gasteiger partial charge is 0.371 e. The van der Waals surface area contributed by atoms with Crippen LogP contribution in [0.2, 0.25) is 0 Å². The van der Waals surface area contributed by atoms with Gasteiger partial charge in [-0.15, -0.1) is 0 Å². The Balaban J connectivity index is 1.81. The van der Waals surface area contributed by atoms with Crippen molar-refractivity contribution in [2.75, 3.05) is 6.61 Å². The highest BCUT2D eigenvalue weighted by Gasteiger charge is 2.45. The quantitative estimate of drug-likeness (QED) is 0.139. The SMILES string of the molecule is O=C(O)c1cc2c(O[C@@H]3O[C@H](CO)[C@@H](O)C(O)C3O)c(-c3ccc(O)c(O)c3)oc3cc(=[OH+])cc(o1)c32. The van der Waals surface area contributed by atoms with Gasteiger partial charge in [-0.1, -0.05) is 0 Å². The van der Waals surface area contributed by atoms with E-state index < -0.39 is 60.5 Å². The Bertz CT molecular complexity index is 1570. The van der Waals surface area contributed by atoms with Crippen LogP contribution in [0.4, 0.5) is 0 Å². The van der Waals surface area contributed by atoms with Gasteiger partial charge in [-0.25, -0.2) is 4.79 Å². The number of aliphatic hydroxyl groups is 4. The van der Waals surface area contributed by atoms with Crippen molar-refractivity contribution >= 4 is 27.9 Å². The summed E-state index contributed by atoms with van der Waals surface area (Å²) in [5.41, 5.74) is -0.262. The van der Waals surface area contributed by atoms with Crippen molar-refractivity contribution in [2.45, 2.75) is 30.7 Å². The summed E-state index contributed by atoms with van der Waals surface area (Å²) in [6.45, 7) is -0.723. The number of hydrogen-bond donors (Lipinski definition) is 7. The van der Waals surface area contributed by atoms with Crippen LogP contribution in [-0.4, -0.2) is 83.8 Å². The Hall–Kier alpha value is -4.14. The topological polar surface area (TPSA) is 225 Å². The molecule has 0 bridgehead atoms. The Labute approximate surface area is 205 Å². The van der Waals surface area contributed by atoms with Gasteiger partial charge in [0, 0.05) is 17.0 Å². The van der Waals surface area contributed by atoms with Crippen LogP contribution < -0.4 is 10.2 Å². The number of benzene rings is 2. The minimum absolute atomic E-state index is 0.0226. The molecule has 2 unspecified atom stereocenters. The molecule has 3 heterocycles. The number of hydrogen-bond acceptors (Lipinski definition) is 11. The van der Waals surface area contributed by atoms with Gasteiger partial charge in [0.05, 0.1) is 24.1 Å². The second-order valence-corrected chi connectivity index (χ2v) is 8.43. The zero-order valence-corrected chi connectivity index (χ0v) is 18.7. The van der Waals surface area contributed by atoms with Gasteiger partial charge in [-0.05, 0) is 18.2 Å². The van der Waals surface area contributed by atoms with Gasteiger partial charge in [0.15, 0.2) is 23.0 Å². The fraction of sp³-hybridized carbons (Fsp3) is 0.250. The predicted octanol–water partition coefficient (Wildman–Crippen LogP) is 0.139. The third-order valence-electron chi connectivity index (χ3n) is 6.01. The number of ether oxygens (including phenoxy) is 2. The number of rotatable bonds is 5. The molecule has 4 aromatic rings. The Morgan fingerprint density at radius 3 is 2.30 bits per heavy atom. The number of phenols is 2. The first-order chi connectivity index (χ1) is 17.6. The van der Waals surface area contributed by atoms with E-state index in [0.717, 1.165) is 24.3 Å². The number of aromatic hydroxyl groups is 2. The average Bonchev–Trinajstić information content (AvgIpc) is 2.86. The van der Waals surface area contributed by atoms with Gasteiger partial charge in [-0.2, -0.15) is 0 Å². The third-order valence-corrected chi connectivity index (χ3v) is 6.01. The number of carboxylic acid groups (broad SMARTS) is 1. The summed E-state index contributed by atoms with van der Waals surface area (Å²) in [6.07, 6.45) is -8.24. The lowest BCUT2D eigenvalue weighted by Crippen LogP contribution is -2.60. The van der Waals surface area contributed by atoms with Crippen molar-refractivity contribution < 1.29 is 63.6 Å². The zero-order valence-electron chi connectivity index (χ0n) is 18.7. The first-order valence-electron chi connectivity index (χ1n) is 10.9. The van der Waals surface area contributed by atoms with Crippen LogP contribution in [0.25, 0.3) is 33.3 Å². The van der Waals surface area contributed by atoms with Crippen molar-refractivity contribution in [1.82, 2.24) is 0 Å². The van der Waals surface area contributed by atoms with E-state index in [9.17, 15) is 45.3 Å². The Morgan fingerprint density at radius 1 is 0.946 bits per heavy atom. The zero-order chi connectivity index (χ0) is 26.6. The third kappa shape index (κ3) is 4.14. The number of carbonyl (C=O) groups is 1. The molecule has 0 amide bonds. The summed E-state index contributed by atoms with van der Waals surface area (Å²) >= 11 is 0. The van der Waals surface area contributed by atoms with E-state index in [2.05, 4.69) is 0 Å². The minimum atomic E-state index is -1.82. The van der Waals surface area contributed by atoms with Gasteiger partial charge in [0.2, 0.25) is 12.1 Å². The van der Waals surface area contributed by atoms with Gasteiger partial charge in [0.25, 0.3) is 0 Å². The maximum absolute atomic E-state index is 11.8. The fourth-order valence-electron chi connectivity index (χ4n) is 4.17. The molecule has 13 heteroatoms. The van der Waals surface area contributed by atoms with Crippen molar-refractivity contribution in [1.29, 1.82) is 0 Å². The molecule has 194 valence electrons. The summed E-state index contributed by atoms with van der Waals surface area (Å²) in [5, 5.41) is 70.0. The number of aliphatic hydroxyl groups excluding tert-OH is 4. The molecule has 0 spiro atoms. The average molecular weight is 517 g/mol. The van der Waals surface area contributed by atoms with Crippen LogP contribution in [0.3, 0.4) is 0 Å². The summed E-state index contributed by atoms with van der Waals surface area (Å²) < 4.78 is 22.7. The molecular weight excluding hydrogens is 496 g/mol. The van der Waals surface area contributed by atoms with Crippen LogP contribution >= 0.6 is 0 Å². The lowest BCUT2D eigenvalue weighted by Gasteiger charge is -2.39. The van der Waals surface area contributed by atoms with E-state index in [4.69, 9.17) is 18.3 Å². The highest BCUT2D eigenvalue weighted by Crippen LogP contribution is 2.44. The molecular formula is C24H21O13+. The monoisotopic (exact) mass is 517 g/mol. The van der Waals surface area contributed by atoms with E-state index in [-0.39, 0.29) is 44.4 Å². The van der Waals surface area contributed by atoms with Crippen LogP contribution in [0, 0.1) is 0 Å². The summed E-state index contributed by atoms with van der Waals surface area (Å²) in [6, 6.07) is 7.11. The number of phenolic OH excluding ortho intramolecular Hbond substituents is 2. The maximum Gasteiger partial charge on any atom is 0.371 e. The summed E-state index contributed by atoms with van der Waals surface area (Å²) in [7, 11) is 0. The van der Waals surface area contributed by atoms with Crippen molar-refractivity contribution in [2.24, 2.45) is 0 Å². The van der Waals surface area contributed by atoms with Crippen molar-refractivity contribution in [3.8, 4) is 28.6 Å². The molecule has 1 fully saturated rings. The van der Waals surface area contributed by atoms with E-state index in [1.165, 1.54) is 12.1 Å². The lowest BCUT2D eigenvalue weighted by atomic mass is 9.99. The molecule has 1 aliphatic heterocycles. The molecule has 1 saturated heterocycles. The van der Waals surface area contributed by atoms with E-state index >= 15 is 0 Å². The van der Waals surface area contributed by atoms with Gasteiger partial charge >= 0.3 is 11.4 Å². The Kier molecular flexibility index (Phi) is 6.01. The van der Waals surface area contributed by atoms with Crippen LogP contribution in [0.15, 0.2) is 45.2 Å². The normalized spacial score (nSPS) is 23.9. The van der Waals surface area contributed by atoms with Crippen LogP contribution in [-0.2, 0) is 4.74 Å². The molecule has 5 rings (SSSR count). The highest BCUT2D eigenvalue weighted by molar-refractivity contribution is 6.11. The molecule has 5 atom stereocenters. The highest BCUT2D eigenvalue weighted by atomic mass is 16.7. The van der Waals surface area contributed by atoms with E-state index in [1.54, 1.807) is 0 Å². The molecule has 1 aliphatic rings. The molecule has 2 aromatic carbocycles. The van der Waals surface area contributed by atoms with Gasteiger partial charge in [0.1, 0.15) is 35.6 Å². The molecule has 37 heavy (non-hydrogen) atoms. The fourth-order valence-corrected chi connectivity index (χ4v) is 4.17. The standard InChI is InChI=1S/C24H20O13/c25-7-16-18(29)19(30)20(31)24(36-16)37-22-10-6-15(23(32)33)34-13-4-9(26)5-14(17(10)13)35-21(22)8-1-2-11(27)12(28)3-8/h1-6,16,18-20,24-25,27-31H,7H2,(H,32,33)/p+1/t16-,18-,19?,20?,24+/m1/s1. The van der Waals surface area contributed by atoms with Crippen molar-refractivity contribution in [3.63, 3.8) is 0 Å². The molecule has 13 nitrogen and oxygen atoms in total. The molecule has 0 saturated carbocycles. The van der Waals surface area contributed by atoms with Gasteiger partial charge in [-0.3, -0.25) is 4.79 Å². The van der Waals surface area contributed by atoms with Crippen molar-refractivity contribution in [3.05, 3.63) is 47.6 Å². The largest absolute Gasteiger partial charge is 0.504 e. The van der Waals surface area contributed by atoms with E-state index in [1.807, 2.05) is 0 Å². The lowest BCUT2D eigenvalue weighted by molar-refractivity contribution is -0.277. The predicted molar refractivity (Wildman–Crippen MR) is 121 cm³/mol. The molecule has 2 aromatic heterocycles. The second kappa shape index (κ2) is 9.06. The number of carboxylic acids is 1. The summed E-state index contributed by atoms with van der Waals surface area (Å²) in [4.78, 5) is 21.9. The summed E-state index contributed by atoms with van der Waals surface area (Å²) in [5.74, 6) is -3.37. The molecule has 8 N–H and O–H groups in total. The first-order valence-corrected chi connectivity index (χ1v) is 10.9. The Morgan fingerprint density at radius 2 is 1.65 bits per heavy atom. The second-order valence-electron chi connectivity index (χ2n) is 8.43. The minimum Gasteiger partial charge on any atom is -0.504 e. The van der Waals surface area contributed by atoms with Gasteiger partial charge < -0.3 is 54.1 Å². The van der Waals surface area contributed by atoms with E-state index in [0.29, 0.717) is 0 Å². The van der Waals surface area contributed by atoms with Crippen LogP contribution in [0.5, 0.6) is 17.2 Å². The molecule has 0 radical (unpaired) electrons. The maximum atomic E-state index is 11.8. The van der Waals surface area contributed by atoms with Crippen LogP contribution in [0.1, 0.15) is 10.6 Å². The number of aromatic carboxylic acids is 1. The molecule has 0 aliphatic carbocycles. The first kappa shape index (κ1) is 24.5.